The standard InChI is InChI=1S/C15H17Cl2N3O/c1-15(2,3)18-8-12-7-13(21)20-14(19-12)9-4-10(16)6-11(17)5-9/h4-7,18H,8H2,1-3H3,(H,19,20,21). The molecule has 0 saturated carbocycles. The first-order chi connectivity index (χ1) is 9.73. The quantitative estimate of drug-likeness (QED) is 0.905. The van der Waals surface area contributed by atoms with Crippen molar-refractivity contribution < 1.29 is 0 Å². The molecule has 0 aliphatic heterocycles. The summed E-state index contributed by atoms with van der Waals surface area (Å²) < 4.78 is 0. The van der Waals surface area contributed by atoms with Crippen LogP contribution >= 0.6 is 23.2 Å². The van der Waals surface area contributed by atoms with Gasteiger partial charge in [0.2, 0.25) is 0 Å². The summed E-state index contributed by atoms with van der Waals surface area (Å²) in [6.07, 6.45) is 0. The maximum absolute atomic E-state index is 11.8. The minimum absolute atomic E-state index is 0.0518. The van der Waals surface area contributed by atoms with Crippen molar-refractivity contribution in [3.63, 3.8) is 0 Å². The molecule has 2 N–H and O–H groups in total. The van der Waals surface area contributed by atoms with Crippen molar-refractivity contribution in [1.29, 1.82) is 0 Å². The van der Waals surface area contributed by atoms with Gasteiger partial charge in [-0.05, 0) is 39.0 Å². The van der Waals surface area contributed by atoms with Gasteiger partial charge in [0.1, 0.15) is 5.82 Å². The first-order valence-corrected chi connectivity index (χ1v) is 7.30. The van der Waals surface area contributed by atoms with Crippen LogP contribution in [0.4, 0.5) is 0 Å². The Morgan fingerprint density at radius 3 is 2.33 bits per heavy atom. The van der Waals surface area contributed by atoms with Gasteiger partial charge in [0.15, 0.2) is 0 Å². The Kier molecular flexibility index (Phi) is 4.71. The zero-order valence-electron chi connectivity index (χ0n) is 12.1. The molecule has 0 spiro atoms. The molecule has 2 rings (SSSR count). The summed E-state index contributed by atoms with van der Waals surface area (Å²) in [4.78, 5) is 18.9. The second kappa shape index (κ2) is 6.18. The highest BCUT2D eigenvalue weighted by molar-refractivity contribution is 6.35. The van der Waals surface area contributed by atoms with Crippen LogP contribution in [0.25, 0.3) is 11.4 Å². The van der Waals surface area contributed by atoms with E-state index in [9.17, 15) is 4.79 Å². The molecule has 0 unspecified atom stereocenters. The summed E-state index contributed by atoms with van der Waals surface area (Å²) in [6, 6.07) is 6.55. The molecule has 1 aromatic heterocycles. The molecule has 0 aliphatic rings. The van der Waals surface area contributed by atoms with Crippen molar-refractivity contribution >= 4 is 23.2 Å². The smallest absolute Gasteiger partial charge is 0.251 e. The number of hydrogen-bond donors (Lipinski definition) is 2. The molecule has 0 saturated heterocycles. The maximum atomic E-state index is 11.8. The van der Waals surface area contributed by atoms with E-state index in [2.05, 4.69) is 36.1 Å². The lowest BCUT2D eigenvalue weighted by molar-refractivity contribution is 0.421. The SMILES string of the molecule is CC(C)(C)NCc1cc(=O)[nH]c(-c2cc(Cl)cc(Cl)c2)n1. The summed E-state index contributed by atoms with van der Waals surface area (Å²) in [5.41, 5.74) is 1.09. The Morgan fingerprint density at radius 2 is 1.76 bits per heavy atom. The van der Waals surface area contributed by atoms with Gasteiger partial charge < -0.3 is 10.3 Å². The van der Waals surface area contributed by atoms with Gasteiger partial charge in [-0.15, -0.1) is 0 Å². The summed E-state index contributed by atoms with van der Waals surface area (Å²) >= 11 is 12.0. The van der Waals surface area contributed by atoms with E-state index in [4.69, 9.17) is 23.2 Å². The highest BCUT2D eigenvalue weighted by atomic mass is 35.5. The Morgan fingerprint density at radius 1 is 1.14 bits per heavy atom. The van der Waals surface area contributed by atoms with Gasteiger partial charge in [0.05, 0.1) is 5.69 Å². The molecule has 21 heavy (non-hydrogen) atoms. The molecule has 4 nitrogen and oxygen atoms in total. The van der Waals surface area contributed by atoms with Crippen LogP contribution in [0.2, 0.25) is 10.0 Å². The molecule has 1 aromatic carbocycles. The number of aromatic amines is 1. The van der Waals surface area contributed by atoms with Crippen LogP contribution in [0, 0.1) is 0 Å². The van der Waals surface area contributed by atoms with Crippen LogP contribution in [0.1, 0.15) is 26.5 Å². The minimum atomic E-state index is -0.207. The lowest BCUT2D eigenvalue weighted by atomic mass is 10.1. The van der Waals surface area contributed by atoms with E-state index >= 15 is 0 Å². The summed E-state index contributed by atoms with van der Waals surface area (Å²) in [5, 5.41) is 4.30. The van der Waals surface area contributed by atoms with Crippen molar-refractivity contribution in [3.05, 3.63) is 50.4 Å². The molecule has 1 heterocycles. The molecule has 112 valence electrons. The van der Waals surface area contributed by atoms with Gasteiger partial charge in [0, 0.05) is 33.8 Å². The molecule has 0 bridgehead atoms. The summed E-state index contributed by atoms with van der Waals surface area (Å²) in [5.74, 6) is 0.456. The second-order valence-electron chi connectivity index (χ2n) is 5.85. The highest BCUT2D eigenvalue weighted by Crippen LogP contribution is 2.24. The lowest BCUT2D eigenvalue weighted by Gasteiger charge is -2.20. The van der Waals surface area contributed by atoms with Gasteiger partial charge >= 0.3 is 0 Å². The Hall–Kier alpha value is -1.36. The second-order valence-corrected chi connectivity index (χ2v) is 6.72. The largest absolute Gasteiger partial charge is 0.307 e. The molecular formula is C15H17Cl2N3O. The van der Waals surface area contributed by atoms with Crippen LogP contribution in [0.3, 0.4) is 0 Å². The fraction of sp³-hybridized carbons (Fsp3) is 0.333. The maximum Gasteiger partial charge on any atom is 0.251 e. The van der Waals surface area contributed by atoms with E-state index in [-0.39, 0.29) is 11.1 Å². The molecule has 2 aromatic rings. The van der Waals surface area contributed by atoms with Crippen LogP contribution in [0.5, 0.6) is 0 Å². The third-order valence-corrected chi connectivity index (χ3v) is 3.17. The number of halogens is 2. The average Bonchev–Trinajstić information content (AvgIpc) is 2.34. The predicted molar refractivity (Wildman–Crippen MR) is 86.9 cm³/mol. The van der Waals surface area contributed by atoms with Crippen molar-refractivity contribution in [2.24, 2.45) is 0 Å². The fourth-order valence-corrected chi connectivity index (χ4v) is 2.31. The number of nitrogens with zero attached hydrogens (tertiary/aromatic N) is 1. The van der Waals surface area contributed by atoms with Gasteiger partial charge in [-0.2, -0.15) is 0 Å². The van der Waals surface area contributed by atoms with Gasteiger partial charge in [-0.1, -0.05) is 23.2 Å². The average molecular weight is 326 g/mol. The highest BCUT2D eigenvalue weighted by Gasteiger charge is 2.11. The molecule has 6 heteroatoms. The van der Waals surface area contributed by atoms with Crippen LogP contribution in [-0.2, 0) is 6.54 Å². The van der Waals surface area contributed by atoms with Gasteiger partial charge in [-0.25, -0.2) is 4.98 Å². The van der Waals surface area contributed by atoms with E-state index < -0.39 is 0 Å². The van der Waals surface area contributed by atoms with Crippen molar-refractivity contribution in [2.75, 3.05) is 0 Å². The predicted octanol–water partition coefficient (Wildman–Crippen LogP) is 3.63. The lowest BCUT2D eigenvalue weighted by Crippen LogP contribution is -2.35. The third-order valence-electron chi connectivity index (χ3n) is 2.73. The molecule has 0 aliphatic carbocycles. The minimum Gasteiger partial charge on any atom is -0.307 e. The normalized spacial score (nSPS) is 11.7. The molecular weight excluding hydrogens is 309 g/mol. The zero-order chi connectivity index (χ0) is 15.6. The number of aromatic nitrogens is 2. The molecule has 0 amide bonds. The molecule has 0 atom stereocenters. The van der Waals surface area contributed by atoms with E-state index in [1.54, 1.807) is 18.2 Å². The van der Waals surface area contributed by atoms with Gasteiger partial charge in [0.25, 0.3) is 5.56 Å². The Balaban J connectivity index is 2.36. The van der Waals surface area contributed by atoms with Crippen molar-refractivity contribution in [1.82, 2.24) is 15.3 Å². The summed E-state index contributed by atoms with van der Waals surface area (Å²) in [6.45, 7) is 6.67. The first kappa shape index (κ1) is 16.0. The van der Waals surface area contributed by atoms with Crippen LogP contribution < -0.4 is 10.9 Å². The molecule has 0 radical (unpaired) electrons. The number of H-pyrrole nitrogens is 1. The number of hydrogen-bond acceptors (Lipinski definition) is 3. The number of benzene rings is 1. The zero-order valence-corrected chi connectivity index (χ0v) is 13.6. The van der Waals surface area contributed by atoms with E-state index in [1.807, 2.05) is 0 Å². The van der Waals surface area contributed by atoms with Crippen LogP contribution in [0.15, 0.2) is 29.1 Å². The third kappa shape index (κ3) is 4.84. The monoisotopic (exact) mass is 325 g/mol. The molecule has 0 fully saturated rings. The number of nitrogens with one attached hydrogen (secondary N) is 2. The van der Waals surface area contributed by atoms with Crippen LogP contribution in [-0.4, -0.2) is 15.5 Å². The van der Waals surface area contributed by atoms with Crippen molar-refractivity contribution in [3.8, 4) is 11.4 Å². The van der Waals surface area contributed by atoms with Crippen molar-refractivity contribution in [2.45, 2.75) is 32.9 Å². The topological polar surface area (TPSA) is 57.8 Å². The van der Waals surface area contributed by atoms with E-state index in [0.717, 1.165) is 0 Å². The van der Waals surface area contributed by atoms with E-state index in [1.165, 1.54) is 6.07 Å². The van der Waals surface area contributed by atoms with E-state index in [0.29, 0.717) is 33.7 Å². The number of rotatable bonds is 3. The fourth-order valence-electron chi connectivity index (χ4n) is 1.78. The van der Waals surface area contributed by atoms with Gasteiger partial charge in [-0.3, -0.25) is 4.79 Å². The Labute approximate surface area is 133 Å². The first-order valence-electron chi connectivity index (χ1n) is 6.55. The summed E-state index contributed by atoms with van der Waals surface area (Å²) in [7, 11) is 0. The Bertz CT molecular complexity index is 685.